The highest BCUT2D eigenvalue weighted by Gasteiger charge is 2.28. The second-order valence-corrected chi connectivity index (χ2v) is 4.58. The van der Waals surface area contributed by atoms with E-state index in [2.05, 4.69) is 10.2 Å². The number of halogens is 1. The molecule has 2 N–H and O–H groups in total. The third-order valence-corrected chi connectivity index (χ3v) is 3.51. The molecule has 0 aromatic rings. The first-order valence-electron chi connectivity index (χ1n) is 6.14. The monoisotopic (exact) mass is 263 g/mol. The molecule has 1 amide bonds. The van der Waals surface area contributed by atoms with Gasteiger partial charge in [-0.25, -0.2) is 0 Å². The molecule has 100 valence electrons. The number of nitrogens with zero attached hydrogens (tertiary/aromatic N) is 2. The fraction of sp³-hybridized carbons (Fsp3) is 0.909. The second kappa shape index (κ2) is 7.16. The molecule has 0 aromatic carbocycles. The molecule has 2 heterocycles. The molecule has 1 unspecified atom stereocenters. The Morgan fingerprint density at radius 2 is 2.00 bits per heavy atom. The summed E-state index contributed by atoms with van der Waals surface area (Å²) in [4.78, 5) is 16.3. The lowest BCUT2D eigenvalue weighted by Crippen LogP contribution is -2.51. The van der Waals surface area contributed by atoms with E-state index < -0.39 is 0 Å². The minimum absolute atomic E-state index is 0. The van der Waals surface area contributed by atoms with Gasteiger partial charge in [0.2, 0.25) is 5.91 Å². The van der Waals surface area contributed by atoms with Crippen LogP contribution in [-0.4, -0.2) is 73.2 Å². The van der Waals surface area contributed by atoms with Gasteiger partial charge in [0, 0.05) is 39.3 Å². The Bertz CT molecular complexity index is 239. The third kappa shape index (κ3) is 3.81. The average Bonchev–Trinajstić information content (AvgIpc) is 2.83. The van der Waals surface area contributed by atoms with Gasteiger partial charge in [0.25, 0.3) is 0 Å². The third-order valence-electron chi connectivity index (χ3n) is 3.51. The fourth-order valence-electron chi connectivity index (χ4n) is 2.46. The summed E-state index contributed by atoms with van der Waals surface area (Å²) in [6.45, 7) is 6.17. The summed E-state index contributed by atoms with van der Waals surface area (Å²) in [6, 6.07) is 0. The Morgan fingerprint density at radius 3 is 2.53 bits per heavy atom. The molecule has 0 aliphatic carbocycles. The van der Waals surface area contributed by atoms with Crippen LogP contribution in [0.25, 0.3) is 0 Å². The van der Waals surface area contributed by atoms with E-state index in [-0.39, 0.29) is 24.9 Å². The molecule has 17 heavy (non-hydrogen) atoms. The van der Waals surface area contributed by atoms with Crippen molar-refractivity contribution in [3.05, 3.63) is 0 Å². The van der Waals surface area contributed by atoms with E-state index in [9.17, 15) is 4.79 Å². The molecule has 2 fully saturated rings. The molecular weight excluding hydrogens is 242 g/mol. The fourth-order valence-corrected chi connectivity index (χ4v) is 2.46. The zero-order valence-electron chi connectivity index (χ0n) is 10.1. The lowest BCUT2D eigenvalue weighted by molar-refractivity contribution is -0.136. The molecule has 2 rings (SSSR count). The van der Waals surface area contributed by atoms with Gasteiger partial charge < -0.3 is 15.3 Å². The maximum atomic E-state index is 12.1. The molecule has 0 spiro atoms. The van der Waals surface area contributed by atoms with E-state index >= 15 is 0 Å². The lowest BCUT2D eigenvalue weighted by Gasteiger charge is -2.35. The van der Waals surface area contributed by atoms with Crippen LogP contribution in [0.4, 0.5) is 0 Å². The van der Waals surface area contributed by atoms with Gasteiger partial charge in [-0.2, -0.15) is 0 Å². The molecule has 2 saturated heterocycles. The van der Waals surface area contributed by atoms with Crippen molar-refractivity contribution < 1.29 is 9.90 Å². The zero-order chi connectivity index (χ0) is 11.4. The van der Waals surface area contributed by atoms with Crippen LogP contribution in [0.2, 0.25) is 0 Å². The molecule has 1 atom stereocenters. The van der Waals surface area contributed by atoms with Gasteiger partial charge in [-0.15, -0.1) is 12.4 Å². The van der Waals surface area contributed by atoms with E-state index in [0.29, 0.717) is 5.91 Å². The van der Waals surface area contributed by atoms with Gasteiger partial charge in [-0.05, 0) is 13.0 Å². The van der Waals surface area contributed by atoms with Crippen LogP contribution >= 0.6 is 12.4 Å². The quantitative estimate of drug-likeness (QED) is 0.697. The Kier molecular flexibility index (Phi) is 6.19. The Labute approximate surface area is 109 Å². The number of nitrogens with one attached hydrogen (secondary N) is 1. The van der Waals surface area contributed by atoms with E-state index in [0.717, 1.165) is 52.2 Å². The zero-order valence-corrected chi connectivity index (χ0v) is 10.9. The van der Waals surface area contributed by atoms with Crippen molar-refractivity contribution in [1.29, 1.82) is 0 Å². The number of aliphatic hydroxyl groups excluding tert-OH is 1. The highest BCUT2D eigenvalue weighted by atomic mass is 35.5. The van der Waals surface area contributed by atoms with E-state index in [1.165, 1.54) is 0 Å². The summed E-state index contributed by atoms with van der Waals surface area (Å²) < 4.78 is 0. The largest absolute Gasteiger partial charge is 0.395 e. The number of aliphatic hydroxyl groups is 1. The number of hydrogen-bond donors (Lipinski definition) is 2. The summed E-state index contributed by atoms with van der Waals surface area (Å²) in [7, 11) is 0. The van der Waals surface area contributed by atoms with Crippen LogP contribution in [0.3, 0.4) is 0 Å². The van der Waals surface area contributed by atoms with Gasteiger partial charge in [-0.1, -0.05) is 0 Å². The van der Waals surface area contributed by atoms with Crippen molar-refractivity contribution in [1.82, 2.24) is 15.1 Å². The Hall–Kier alpha value is -0.360. The van der Waals surface area contributed by atoms with E-state index in [1.807, 2.05) is 4.90 Å². The molecule has 0 radical (unpaired) electrons. The Morgan fingerprint density at radius 1 is 1.29 bits per heavy atom. The Balaban J connectivity index is 0.00000144. The summed E-state index contributed by atoms with van der Waals surface area (Å²) in [5.74, 6) is 0.512. The van der Waals surface area contributed by atoms with Crippen molar-refractivity contribution in [2.75, 3.05) is 52.4 Å². The van der Waals surface area contributed by atoms with Crippen molar-refractivity contribution in [2.24, 2.45) is 5.92 Å². The highest BCUT2D eigenvalue weighted by Crippen LogP contribution is 2.13. The van der Waals surface area contributed by atoms with Gasteiger partial charge in [0.15, 0.2) is 0 Å². The second-order valence-electron chi connectivity index (χ2n) is 4.58. The summed E-state index contributed by atoms with van der Waals surface area (Å²) >= 11 is 0. The smallest absolute Gasteiger partial charge is 0.227 e. The number of carbonyl (C=O) groups excluding carboxylic acids is 1. The lowest BCUT2D eigenvalue weighted by atomic mass is 10.1. The SMILES string of the molecule is Cl.O=C(C1CCNC1)N1CCN(CCO)CC1. The first-order chi connectivity index (χ1) is 7.81. The van der Waals surface area contributed by atoms with Crippen molar-refractivity contribution in [3.63, 3.8) is 0 Å². The molecule has 0 bridgehead atoms. The summed E-state index contributed by atoms with van der Waals surface area (Å²) in [6.07, 6.45) is 0.982. The van der Waals surface area contributed by atoms with E-state index in [4.69, 9.17) is 5.11 Å². The van der Waals surface area contributed by atoms with Crippen molar-refractivity contribution in [3.8, 4) is 0 Å². The molecule has 2 aliphatic heterocycles. The standard InChI is InChI=1S/C11H21N3O2.ClH/c15-8-7-13-3-5-14(6-4-13)11(16)10-1-2-12-9-10;/h10,12,15H,1-9H2;1H. The van der Waals surface area contributed by atoms with Crippen molar-refractivity contribution >= 4 is 18.3 Å². The van der Waals surface area contributed by atoms with Crippen LogP contribution in [-0.2, 0) is 4.79 Å². The topological polar surface area (TPSA) is 55.8 Å². The first kappa shape index (κ1) is 14.7. The number of hydrogen-bond acceptors (Lipinski definition) is 4. The van der Waals surface area contributed by atoms with Crippen LogP contribution in [0.5, 0.6) is 0 Å². The summed E-state index contributed by atoms with van der Waals surface area (Å²) in [5, 5.41) is 12.1. The van der Waals surface area contributed by atoms with Crippen LogP contribution in [0.15, 0.2) is 0 Å². The number of carbonyl (C=O) groups is 1. The normalized spacial score (nSPS) is 25.7. The van der Waals surface area contributed by atoms with Crippen LogP contribution < -0.4 is 5.32 Å². The molecule has 0 saturated carbocycles. The number of amides is 1. The average molecular weight is 264 g/mol. The van der Waals surface area contributed by atoms with Crippen LogP contribution in [0.1, 0.15) is 6.42 Å². The van der Waals surface area contributed by atoms with Gasteiger partial charge in [-0.3, -0.25) is 9.69 Å². The maximum absolute atomic E-state index is 12.1. The van der Waals surface area contributed by atoms with Gasteiger partial charge in [0.1, 0.15) is 0 Å². The predicted molar refractivity (Wildman–Crippen MR) is 68.3 cm³/mol. The van der Waals surface area contributed by atoms with Crippen LogP contribution in [0, 0.1) is 5.92 Å². The number of piperazine rings is 1. The molecule has 6 heteroatoms. The molecule has 5 nitrogen and oxygen atoms in total. The van der Waals surface area contributed by atoms with Crippen molar-refractivity contribution in [2.45, 2.75) is 6.42 Å². The maximum Gasteiger partial charge on any atom is 0.227 e. The molecule has 2 aliphatic rings. The molecular formula is C11H22ClN3O2. The predicted octanol–water partition coefficient (Wildman–Crippen LogP) is -0.846. The van der Waals surface area contributed by atoms with E-state index in [1.54, 1.807) is 0 Å². The number of β-amino-alcohol motifs (C(OH)–C–C–N with tert-alkyl or cyclic N) is 1. The minimum Gasteiger partial charge on any atom is -0.395 e. The molecule has 0 aromatic heterocycles. The van der Waals surface area contributed by atoms with Gasteiger partial charge in [0.05, 0.1) is 12.5 Å². The van der Waals surface area contributed by atoms with Gasteiger partial charge >= 0.3 is 0 Å². The summed E-state index contributed by atoms with van der Waals surface area (Å²) in [5.41, 5.74) is 0. The first-order valence-corrected chi connectivity index (χ1v) is 6.14. The minimum atomic E-state index is 0. The number of rotatable bonds is 3. The highest BCUT2D eigenvalue weighted by molar-refractivity contribution is 5.85.